The van der Waals surface area contributed by atoms with Crippen molar-refractivity contribution in [3.05, 3.63) is 30.1 Å². The van der Waals surface area contributed by atoms with Crippen LogP contribution in [0.1, 0.15) is 13.3 Å². The van der Waals surface area contributed by atoms with E-state index in [1.807, 2.05) is 14.0 Å². The maximum atomic E-state index is 12.8. The quantitative estimate of drug-likeness (QED) is 0.836. The van der Waals surface area contributed by atoms with E-state index in [0.29, 0.717) is 16.7 Å². The molecule has 4 heteroatoms. The van der Waals surface area contributed by atoms with E-state index in [2.05, 4.69) is 5.32 Å². The van der Waals surface area contributed by atoms with E-state index >= 15 is 0 Å². The Morgan fingerprint density at radius 3 is 2.87 bits per heavy atom. The highest BCUT2D eigenvalue weighted by Crippen LogP contribution is 2.10. The second kappa shape index (κ2) is 5.98. The van der Waals surface area contributed by atoms with Gasteiger partial charge in [-0.15, -0.1) is 0 Å². The standard InChI is InChI=1S/C11H16FNOS/c1-9(13-2)6-7-15(14)11-5-3-4-10(12)8-11/h3-5,8-9,13H,6-7H2,1-2H3. The normalized spacial score (nSPS) is 14.9. The van der Waals surface area contributed by atoms with Crippen LogP contribution in [0.15, 0.2) is 29.2 Å². The molecule has 2 nitrogen and oxygen atoms in total. The third-order valence-corrected chi connectivity index (χ3v) is 3.67. The third-order valence-electron chi connectivity index (χ3n) is 2.29. The fraction of sp³-hybridized carbons (Fsp3) is 0.455. The van der Waals surface area contributed by atoms with E-state index in [1.54, 1.807) is 12.1 Å². The molecule has 0 aromatic heterocycles. The lowest BCUT2D eigenvalue weighted by Gasteiger charge is -2.09. The van der Waals surface area contributed by atoms with Crippen LogP contribution in [0.4, 0.5) is 4.39 Å². The van der Waals surface area contributed by atoms with Crippen molar-refractivity contribution in [3.8, 4) is 0 Å². The Kier molecular flexibility index (Phi) is 4.91. The molecule has 0 aliphatic heterocycles. The average Bonchev–Trinajstić information content (AvgIpc) is 2.25. The first-order valence-corrected chi connectivity index (χ1v) is 6.26. The molecule has 0 fully saturated rings. The van der Waals surface area contributed by atoms with Crippen LogP contribution in [-0.4, -0.2) is 23.1 Å². The molecule has 0 aliphatic carbocycles. The van der Waals surface area contributed by atoms with Gasteiger partial charge in [0.1, 0.15) is 5.82 Å². The van der Waals surface area contributed by atoms with Crippen molar-refractivity contribution < 1.29 is 8.60 Å². The lowest BCUT2D eigenvalue weighted by molar-refractivity contribution is 0.591. The Morgan fingerprint density at radius 2 is 2.27 bits per heavy atom. The lowest BCUT2D eigenvalue weighted by atomic mass is 10.3. The van der Waals surface area contributed by atoms with Gasteiger partial charge in [0.05, 0.1) is 10.8 Å². The minimum absolute atomic E-state index is 0.331. The first kappa shape index (κ1) is 12.3. The maximum Gasteiger partial charge on any atom is 0.124 e. The van der Waals surface area contributed by atoms with Crippen LogP contribution >= 0.6 is 0 Å². The fourth-order valence-electron chi connectivity index (χ4n) is 1.15. The Labute approximate surface area is 92.3 Å². The molecule has 2 unspecified atom stereocenters. The van der Waals surface area contributed by atoms with E-state index in [4.69, 9.17) is 0 Å². The zero-order valence-electron chi connectivity index (χ0n) is 9.00. The molecule has 0 amide bonds. The van der Waals surface area contributed by atoms with Crippen LogP contribution in [0, 0.1) is 5.82 Å². The molecular weight excluding hydrogens is 213 g/mol. The smallest absolute Gasteiger partial charge is 0.124 e. The highest BCUT2D eigenvalue weighted by atomic mass is 32.2. The predicted octanol–water partition coefficient (Wildman–Crippen LogP) is 1.93. The molecule has 84 valence electrons. The van der Waals surface area contributed by atoms with Crippen molar-refractivity contribution in [2.75, 3.05) is 12.8 Å². The van der Waals surface area contributed by atoms with Crippen LogP contribution in [0.2, 0.25) is 0 Å². The van der Waals surface area contributed by atoms with Crippen LogP contribution in [-0.2, 0) is 10.8 Å². The number of rotatable bonds is 5. The Hall–Kier alpha value is -0.740. The van der Waals surface area contributed by atoms with Crippen LogP contribution in [0.5, 0.6) is 0 Å². The van der Waals surface area contributed by atoms with Gasteiger partial charge >= 0.3 is 0 Å². The summed E-state index contributed by atoms with van der Waals surface area (Å²) in [4.78, 5) is 0.568. The number of nitrogens with one attached hydrogen (secondary N) is 1. The summed E-state index contributed by atoms with van der Waals surface area (Å²) < 4.78 is 24.6. The van der Waals surface area contributed by atoms with E-state index < -0.39 is 10.8 Å². The number of hydrogen-bond acceptors (Lipinski definition) is 2. The highest BCUT2D eigenvalue weighted by molar-refractivity contribution is 7.85. The zero-order valence-corrected chi connectivity index (χ0v) is 9.81. The van der Waals surface area contributed by atoms with E-state index in [0.717, 1.165) is 6.42 Å². The van der Waals surface area contributed by atoms with E-state index in [1.165, 1.54) is 12.1 Å². The molecule has 1 rings (SSSR count). The van der Waals surface area contributed by atoms with Gasteiger partial charge in [0.2, 0.25) is 0 Å². The molecule has 0 saturated carbocycles. The number of benzene rings is 1. The molecule has 0 spiro atoms. The molecular formula is C11H16FNOS. The molecule has 1 aromatic rings. The summed E-state index contributed by atoms with van der Waals surface area (Å²) in [6.07, 6.45) is 0.819. The number of halogens is 1. The van der Waals surface area contributed by atoms with Gasteiger partial charge in [0, 0.05) is 16.7 Å². The van der Waals surface area contributed by atoms with Crippen molar-refractivity contribution in [2.24, 2.45) is 0 Å². The molecule has 0 bridgehead atoms. The summed E-state index contributed by atoms with van der Waals surface area (Å²) in [7, 11) is 0.775. The molecule has 0 saturated heterocycles. The van der Waals surface area contributed by atoms with Crippen molar-refractivity contribution in [1.82, 2.24) is 5.32 Å². The van der Waals surface area contributed by atoms with Crippen molar-refractivity contribution in [3.63, 3.8) is 0 Å². The lowest BCUT2D eigenvalue weighted by Crippen LogP contribution is -2.23. The fourth-order valence-corrected chi connectivity index (χ4v) is 2.43. The first-order chi connectivity index (χ1) is 7.13. The summed E-state index contributed by atoms with van der Waals surface area (Å²) in [5.74, 6) is 0.230. The van der Waals surface area contributed by atoms with Crippen molar-refractivity contribution in [1.29, 1.82) is 0 Å². The molecule has 1 N–H and O–H groups in total. The van der Waals surface area contributed by atoms with Crippen LogP contribution in [0.3, 0.4) is 0 Å². The van der Waals surface area contributed by atoms with Gasteiger partial charge in [-0.05, 0) is 38.6 Å². The van der Waals surface area contributed by atoms with E-state index in [-0.39, 0.29) is 5.82 Å². The zero-order chi connectivity index (χ0) is 11.3. The molecule has 0 radical (unpaired) electrons. The highest BCUT2D eigenvalue weighted by Gasteiger charge is 2.06. The second-order valence-corrected chi connectivity index (χ2v) is 5.06. The number of hydrogen-bond donors (Lipinski definition) is 1. The minimum Gasteiger partial charge on any atom is -0.317 e. The minimum atomic E-state index is -1.10. The summed E-state index contributed by atoms with van der Waals surface area (Å²) in [6.45, 7) is 2.03. The topological polar surface area (TPSA) is 29.1 Å². The predicted molar refractivity (Wildman–Crippen MR) is 60.8 cm³/mol. The maximum absolute atomic E-state index is 12.8. The summed E-state index contributed by atoms with van der Waals surface area (Å²) in [5.41, 5.74) is 0. The van der Waals surface area contributed by atoms with Gasteiger partial charge in [-0.25, -0.2) is 4.39 Å². The Balaban J connectivity index is 2.54. The van der Waals surface area contributed by atoms with Gasteiger partial charge < -0.3 is 5.32 Å². The van der Waals surface area contributed by atoms with Gasteiger partial charge in [-0.3, -0.25) is 4.21 Å². The van der Waals surface area contributed by atoms with Gasteiger partial charge in [-0.2, -0.15) is 0 Å². The van der Waals surface area contributed by atoms with Crippen LogP contribution < -0.4 is 5.32 Å². The third kappa shape index (κ3) is 4.10. The summed E-state index contributed by atoms with van der Waals surface area (Å²) >= 11 is 0. The first-order valence-electron chi connectivity index (χ1n) is 4.94. The van der Waals surface area contributed by atoms with Crippen molar-refractivity contribution in [2.45, 2.75) is 24.3 Å². The van der Waals surface area contributed by atoms with Gasteiger partial charge in [-0.1, -0.05) is 6.07 Å². The molecule has 0 heterocycles. The Morgan fingerprint density at radius 1 is 1.53 bits per heavy atom. The Bertz CT molecular complexity index is 343. The average molecular weight is 229 g/mol. The van der Waals surface area contributed by atoms with Crippen molar-refractivity contribution >= 4 is 10.8 Å². The second-order valence-electron chi connectivity index (χ2n) is 3.49. The van der Waals surface area contributed by atoms with Gasteiger partial charge in [0.15, 0.2) is 0 Å². The monoisotopic (exact) mass is 229 g/mol. The molecule has 1 aromatic carbocycles. The van der Waals surface area contributed by atoms with E-state index in [9.17, 15) is 8.60 Å². The molecule has 2 atom stereocenters. The van der Waals surface area contributed by atoms with Crippen LogP contribution in [0.25, 0.3) is 0 Å². The van der Waals surface area contributed by atoms with Gasteiger partial charge in [0.25, 0.3) is 0 Å². The molecule has 0 aliphatic rings. The largest absolute Gasteiger partial charge is 0.317 e. The SMILES string of the molecule is CNC(C)CCS(=O)c1cccc(F)c1. The molecule has 15 heavy (non-hydrogen) atoms. The summed E-state index contributed by atoms with van der Waals surface area (Å²) in [6, 6.07) is 6.31. The summed E-state index contributed by atoms with van der Waals surface area (Å²) in [5, 5.41) is 3.07.